The first-order chi connectivity index (χ1) is 11.0. The van der Waals surface area contributed by atoms with Gasteiger partial charge in [-0.2, -0.15) is 0 Å². The summed E-state index contributed by atoms with van der Waals surface area (Å²) >= 11 is 0. The van der Waals surface area contributed by atoms with Crippen LogP contribution in [0.4, 0.5) is 0 Å². The SMILES string of the molecule is COc1ccc([C@@H](CNC(=O)c2cccc(C)n2)N(C)C)cc1. The van der Waals surface area contributed by atoms with Crippen LogP contribution in [0.2, 0.25) is 0 Å². The molecule has 0 aliphatic carbocycles. The highest BCUT2D eigenvalue weighted by atomic mass is 16.5. The van der Waals surface area contributed by atoms with Crippen LogP contribution in [-0.4, -0.2) is 43.5 Å². The van der Waals surface area contributed by atoms with Crippen LogP contribution in [0.25, 0.3) is 0 Å². The van der Waals surface area contributed by atoms with Crippen molar-refractivity contribution < 1.29 is 9.53 Å². The second-order valence-corrected chi connectivity index (χ2v) is 5.63. The van der Waals surface area contributed by atoms with E-state index >= 15 is 0 Å². The number of hydrogen-bond acceptors (Lipinski definition) is 4. The Morgan fingerprint density at radius 1 is 1.22 bits per heavy atom. The van der Waals surface area contributed by atoms with Gasteiger partial charge < -0.3 is 15.0 Å². The third-order valence-corrected chi connectivity index (χ3v) is 3.70. The summed E-state index contributed by atoms with van der Waals surface area (Å²) in [6, 6.07) is 13.4. The molecule has 0 saturated heterocycles. The van der Waals surface area contributed by atoms with Crippen LogP contribution < -0.4 is 10.1 Å². The number of methoxy groups -OCH3 is 1. The van der Waals surface area contributed by atoms with Crippen molar-refractivity contribution in [2.75, 3.05) is 27.7 Å². The van der Waals surface area contributed by atoms with E-state index in [1.165, 1.54) is 0 Å². The summed E-state index contributed by atoms with van der Waals surface area (Å²) in [6.07, 6.45) is 0. The van der Waals surface area contributed by atoms with E-state index < -0.39 is 0 Å². The Bertz CT molecular complexity index is 654. The predicted octanol–water partition coefficient (Wildman–Crippen LogP) is 2.43. The number of nitrogens with one attached hydrogen (secondary N) is 1. The summed E-state index contributed by atoms with van der Waals surface area (Å²) in [7, 11) is 5.63. The molecule has 1 aromatic heterocycles. The van der Waals surface area contributed by atoms with Crippen LogP contribution in [0.5, 0.6) is 5.75 Å². The molecule has 1 aromatic carbocycles. The van der Waals surface area contributed by atoms with Crippen molar-refractivity contribution in [1.82, 2.24) is 15.2 Å². The van der Waals surface area contributed by atoms with E-state index in [2.05, 4.69) is 15.2 Å². The summed E-state index contributed by atoms with van der Waals surface area (Å²) in [5.74, 6) is 0.660. The van der Waals surface area contributed by atoms with Crippen molar-refractivity contribution in [3.8, 4) is 5.75 Å². The first kappa shape index (κ1) is 17.0. The van der Waals surface area contributed by atoms with E-state index in [-0.39, 0.29) is 11.9 Å². The first-order valence-electron chi connectivity index (χ1n) is 7.53. The lowest BCUT2D eigenvalue weighted by Gasteiger charge is -2.25. The van der Waals surface area contributed by atoms with Crippen molar-refractivity contribution in [1.29, 1.82) is 0 Å². The summed E-state index contributed by atoms with van der Waals surface area (Å²) in [5.41, 5.74) is 2.39. The lowest BCUT2D eigenvalue weighted by Crippen LogP contribution is -2.34. The Morgan fingerprint density at radius 3 is 2.48 bits per heavy atom. The highest BCUT2D eigenvalue weighted by molar-refractivity contribution is 5.92. The molecule has 5 nitrogen and oxygen atoms in total. The maximum atomic E-state index is 12.2. The maximum absolute atomic E-state index is 12.2. The third-order valence-electron chi connectivity index (χ3n) is 3.70. The zero-order chi connectivity index (χ0) is 16.8. The number of aromatic nitrogens is 1. The molecular formula is C18H23N3O2. The Morgan fingerprint density at radius 2 is 1.91 bits per heavy atom. The molecule has 1 amide bonds. The number of aryl methyl sites for hydroxylation is 1. The number of ether oxygens (including phenoxy) is 1. The molecule has 1 heterocycles. The van der Waals surface area contributed by atoms with Crippen molar-refractivity contribution in [3.05, 3.63) is 59.4 Å². The quantitative estimate of drug-likeness (QED) is 0.890. The molecule has 23 heavy (non-hydrogen) atoms. The van der Waals surface area contributed by atoms with Gasteiger partial charge in [-0.3, -0.25) is 4.79 Å². The van der Waals surface area contributed by atoms with Crippen molar-refractivity contribution in [2.45, 2.75) is 13.0 Å². The number of nitrogens with zero attached hydrogens (tertiary/aromatic N) is 2. The molecule has 0 fully saturated rings. The van der Waals surface area contributed by atoms with Crippen LogP contribution in [0.3, 0.4) is 0 Å². The zero-order valence-corrected chi connectivity index (χ0v) is 14.0. The topological polar surface area (TPSA) is 54.5 Å². The molecule has 122 valence electrons. The van der Waals surface area contributed by atoms with Gasteiger partial charge in [0, 0.05) is 12.2 Å². The summed E-state index contributed by atoms with van der Waals surface area (Å²) < 4.78 is 5.19. The third kappa shape index (κ3) is 4.53. The standard InChI is InChI=1S/C18H23N3O2/c1-13-6-5-7-16(20-13)18(22)19-12-17(21(2)3)14-8-10-15(23-4)11-9-14/h5-11,17H,12H2,1-4H3,(H,19,22)/t17-/m1/s1. The molecule has 0 aliphatic rings. The number of hydrogen-bond donors (Lipinski definition) is 1. The maximum Gasteiger partial charge on any atom is 0.269 e. The minimum absolute atomic E-state index is 0.0784. The second-order valence-electron chi connectivity index (χ2n) is 5.63. The van der Waals surface area contributed by atoms with Gasteiger partial charge in [-0.05, 0) is 50.8 Å². The van der Waals surface area contributed by atoms with Gasteiger partial charge in [0.15, 0.2) is 0 Å². The molecule has 0 saturated carbocycles. The van der Waals surface area contributed by atoms with E-state index in [0.29, 0.717) is 12.2 Å². The zero-order valence-electron chi connectivity index (χ0n) is 14.0. The molecule has 0 radical (unpaired) electrons. The van der Waals surface area contributed by atoms with Crippen LogP contribution in [-0.2, 0) is 0 Å². The lowest BCUT2D eigenvalue weighted by molar-refractivity contribution is 0.0936. The number of likely N-dealkylation sites (N-methyl/N-ethyl adjacent to an activating group) is 1. The van der Waals surface area contributed by atoms with Gasteiger partial charge in [-0.1, -0.05) is 18.2 Å². The number of amides is 1. The molecule has 1 N–H and O–H groups in total. The van der Waals surface area contributed by atoms with Crippen LogP contribution >= 0.6 is 0 Å². The number of benzene rings is 1. The summed E-state index contributed by atoms with van der Waals surface area (Å²) in [4.78, 5) is 18.6. The van der Waals surface area contributed by atoms with Crippen LogP contribution in [0.15, 0.2) is 42.5 Å². The van der Waals surface area contributed by atoms with Gasteiger partial charge in [-0.15, -0.1) is 0 Å². The van der Waals surface area contributed by atoms with Gasteiger partial charge in [0.05, 0.1) is 13.2 Å². The van der Waals surface area contributed by atoms with E-state index in [0.717, 1.165) is 17.0 Å². The molecule has 5 heteroatoms. The Hall–Kier alpha value is -2.40. The first-order valence-corrected chi connectivity index (χ1v) is 7.53. The van der Waals surface area contributed by atoms with Crippen LogP contribution in [0.1, 0.15) is 27.8 Å². The van der Waals surface area contributed by atoms with Gasteiger partial charge in [0.2, 0.25) is 0 Å². The average molecular weight is 313 g/mol. The molecule has 1 atom stereocenters. The highest BCUT2D eigenvalue weighted by Gasteiger charge is 2.16. The van der Waals surface area contributed by atoms with E-state index in [9.17, 15) is 4.79 Å². The average Bonchev–Trinajstić information content (AvgIpc) is 2.55. The van der Waals surface area contributed by atoms with Crippen molar-refractivity contribution in [3.63, 3.8) is 0 Å². The number of pyridine rings is 1. The normalized spacial score (nSPS) is 12.0. The minimum atomic E-state index is -0.158. The minimum Gasteiger partial charge on any atom is -0.497 e. The summed E-state index contributed by atoms with van der Waals surface area (Å²) in [5, 5.41) is 2.96. The summed E-state index contributed by atoms with van der Waals surface area (Å²) in [6.45, 7) is 2.38. The fraction of sp³-hybridized carbons (Fsp3) is 0.333. The number of carbonyl (C=O) groups excluding carboxylic acids is 1. The molecular weight excluding hydrogens is 290 g/mol. The molecule has 0 bridgehead atoms. The van der Waals surface area contributed by atoms with Crippen molar-refractivity contribution >= 4 is 5.91 Å². The van der Waals surface area contributed by atoms with Gasteiger partial charge in [-0.25, -0.2) is 4.98 Å². The lowest BCUT2D eigenvalue weighted by atomic mass is 10.1. The number of carbonyl (C=O) groups is 1. The van der Waals surface area contributed by atoms with Gasteiger partial charge in [0.25, 0.3) is 5.91 Å². The molecule has 2 rings (SSSR count). The molecule has 0 aliphatic heterocycles. The fourth-order valence-electron chi connectivity index (χ4n) is 2.37. The fourth-order valence-corrected chi connectivity index (χ4v) is 2.37. The van der Waals surface area contributed by atoms with Gasteiger partial charge >= 0.3 is 0 Å². The molecule has 0 unspecified atom stereocenters. The molecule has 0 spiro atoms. The van der Waals surface area contributed by atoms with E-state index in [1.807, 2.05) is 57.4 Å². The number of rotatable bonds is 6. The van der Waals surface area contributed by atoms with Crippen molar-refractivity contribution in [2.24, 2.45) is 0 Å². The second kappa shape index (κ2) is 7.74. The Balaban J connectivity index is 2.06. The Labute approximate surface area is 137 Å². The molecule has 2 aromatic rings. The predicted molar refractivity (Wildman–Crippen MR) is 90.7 cm³/mol. The Kier molecular flexibility index (Phi) is 5.71. The highest BCUT2D eigenvalue weighted by Crippen LogP contribution is 2.20. The van der Waals surface area contributed by atoms with E-state index in [4.69, 9.17) is 4.74 Å². The van der Waals surface area contributed by atoms with Gasteiger partial charge in [0.1, 0.15) is 11.4 Å². The van der Waals surface area contributed by atoms with Crippen LogP contribution in [0, 0.1) is 6.92 Å². The largest absolute Gasteiger partial charge is 0.497 e. The van der Waals surface area contributed by atoms with E-state index in [1.54, 1.807) is 13.2 Å². The monoisotopic (exact) mass is 313 g/mol. The smallest absolute Gasteiger partial charge is 0.269 e.